The number of fused-ring (bicyclic) bond motifs is 1. The number of nitrogens with one attached hydrogen (secondary N) is 2. The fourth-order valence-electron chi connectivity index (χ4n) is 4.20. The summed E-state index contributed by atoms with van der Waals surface area (Å²) in [6.07, 6.45) is 3.44. The Morgan fingerprint density at radius 3 is 2.57 bits per heavy atom. The fourth-order valence-corrected chi connectivity index (χ4v) is 4.67. The Morgan fingerprint density at radius 2 is 1.80 bits per heavy atom. The van der Waals surface area contributed by atoms with E-state index in [2.05, 4.69) is 10.3 Å². The van der Waals surface area contributed by atoms with E-state index in [9.17, 15) is 9.59 Å². The van der Waals surface area contributed by atoms with Crippen molar-refractivity contribution in [1.82, 2.24) is 14.9 Å². The van der Waals surface area contributed by atoms with Crippen LogP contribution >= 0.6 is 23.8 Å². The monoisotopic (exact) mass is 441 g/mol. The minimum atomic E-state index is -0.0473. The predicted molar refractivity (Wildman–Crippen MR) is 122 cm³/mol. The smallest absolute Gasteiger partial charge is 0.262 e. The zero-order chi connectivity index (χ0) is 21.1. The average Bonchev–Trinajstić information content (AvgIpc) is 2.76. The van der Waals surface area contributed by atoms with E-state index in [0.717, 1.165) is 36.8 Å². The van der Waals surface area contributed by atoms with E-state index in [1.807, 2.05) is 48.5 Å². The second-order valence-corrected chi connectivity index (χ2v) is 8.71. The number of H-pyrrole nitrogens is 1. The highest BCUT2D eigenvalue weighted by Crippen LogP contribution is 2.30. The topological polar surface area (TPSA) is 66.9 Å². The van der Waals surface area contributed by atoms with E-state index in [4.69, 9.17) is 23.8 Å². The molecule has 2 aromatic carbocycles. The van der Waals surface area contributed by atoms with E-state index < -0.39 is 0 Å². The number of aromatic nitrogens is 2. The lowest BCUT2D eigenvalue weighted by molar-refractivity contribution is -0.126. The number of carbonyl (C=O) groups excluding carboxylic acids is 1. The lowest BCUT2D eigenvalue weighted by atomic mass is 9.81. The second kappa shape index (κ2) is 9.14. The maximum atomic E-state index is 12.8. The maximum Gasteiger partial charge on any atom is 0.262 e. The third kappa shape index (κ3) is 4.50. The average molecular weight is 442 g/mol. The Hall–Kier alpha value is -2.44. The first-order chi connectivity index (χ1) is 14.5. The standard InChI is InChI=1S/C23H24ClN3O2S/c24-19-7-3-1-5-17(19)13-25-21(28)16-11-9-15(10-12-16)14-27-22(29)18-6-2-4-8-20(18)26-23(27)30/h1-8,15-16H,9-14H2,(H,25,28)(H,26,30). The molecule has 0 radical (unpaired) electrons. The van der Waals surface area contributed by atoms with E-state index >= 15 is 0 Å². The zero-order valence-electron chi connectivity index (χ0n) is 16.6. The summed E-state index contributed by atoms with van der Waals surface area (Å²) >= 11 is 11.6. The van der Waals surface area contributed by atoms with Crippen LogP contribution in [0.15, 0.2) is 53.3 Å². The molecule has 1 aliphatic rings. The molecule has 0 saturated heterocycles. The van der Waals surface area contributed by atoms with Crippen LogP contribution in [-0.4, -0.2) is 15.5 Å². The largest absolute Gasteiger partial charge is 0.352 e. The predicted octanol–water partition coefficient (Wildman–Crippen LogP) is 4.84. The third-order valence-electron chi connectivity index (χ3n) is 5.96. The van der Waals surface area contributed by atoms with Crippen LogP contribution in [0.4, 0.5) is 0 Å². The van der Waals surface area contributed by atoms with E-state index in [-0.39, 0.29) is 17.4 Å². The quantitative estimate of drug-likeness (QED) is 0.557. The molecule has 1 heterocycles. The summed E-state index contributed by atoms with van der Waals surface area (Å²) < 4.78 is 2.12. The van der Waals surface area contributed by atoms with Crippen LogP contribution in [0.3, 0.4) is 0 Å². The number of rotatable bonds is 5. The zero-order valence-corrected chi connectivity index (χ0v) is 18.1. The summed E-state index contributed by atoms with van der Waals surface area (Å²) in [5, 5.41) is 4.33. The van der Waals surface area contributed by atoms with Gasteiger partial charge in [0.15, 0.2) is 4.77 Å². The van der Waals surface area contributed by atoms with Gasteiger partial charge in [-0.05, 0) is 67.6 Å². The molecule has 5 nitrogen and oxygen atoms in total. The molecular weight excluding hydrogens is 418 g/mol. The van der Waals surface area contributed by atoms with Crippen LogP contribution in [0.1, 0.15) is 31.2 Å². The first kappa shape index (κ1) is 20.8. The van der Waals surface area contributed by atoms with E-state index in [0.29, 0.717) is 34.2 Å². The molecule has 7 heteroatoms. The molecule has 0 bridgehead atoms. The number of hydrogen-bond acceptors (Lipinski definition) is 3. The van der Waals surface area contributed by atoms with Gasteiger partial charge in [0, 0.05) is 24.0 Å². The van der Waals surface area contributed by atoms with Crippen molar-refractivity contribution < 1.29 is 4.79 Å². The Bertz CT molecular complexity index is 1180. The molecule has 1 saturated carbocycles. The Kier molecular flexibility index (Phi) is 6.35. The van der Waals surface area contributed by atoms with Gasteiger partial charge in [0.1, 0.15) is 0 Å². The molecule has 3 aromatic rings. The molecule has 1 aliphatic carbocycles. The van der Waals surface area contributed by atoms with Gasteiger partial charge in [-0.15, -0.1) is 0 Å². The summed E-state index contributed by atoms with van der Waals surface area (Å²) in [4.78, 5) is 28.6. The van der Waals surface area contributed by atoms with Crippen LogP contribution in [-0.2, 0) is 17.9 Å². The van der Waals surface area contributed by atoms with Crippen LogP contribution in [0.2, 0.25) is 5.02 Å². The highest BCUT2D eigenvalue weighted by Gasteiger charge is 2.27. The number of hydrogen-bond donors (Lipinski definition) is 2. The number of halogens is 1. The molecule has 2 N–H and O–H groups in total. The van der Waals surface area contributed by atoms with E-state index in [1.165, 1.54) is 0 Å². The molecule has 4 rings (SSSR count). The minimum Gasteiger partial charge on any atom is -0.352 e. The van der Waals surface area contributed by atoms with E-state index in [1.54, 1.807) is 4.57 Å². The number of carbonyl (C=O) groups is 1. The highest BCUT2D eigenvalue weighted by molar-refractivity contribution is 7.71. The normalized spacial score (nSPS) is 19.0. The third-order valence-corrected chi connectivity index (χ3v) is 6.65. The maximum absolute atomic E-state index is 12.8. The van der Waals surface area contributed by atoms with Crippen molar-refractivity contribution in [3.63, 3.8) is 0 Å². The molecule has 0 atom stereocenters. The molecule has 1 fully saturated rings. The molecule has 156 valence electrons. The second-order valence-electron chi connectivity index (χ2n) is 7.92. The Balaban J connectivity index is 1.35. The molecular formula is C23H24ClN3O2S. The van der Waals surface area contributed by atoms with Gasteiger partial charge < -0.3 is 10.3 Å². The van der Waals surface area contributed by atoms with Gasteiger partial charge in [-0.3, -0.25) is 14.2 Å². The summed E-state index contributed by atoms with van der Waals surface area (Å²) in [6, 6.07) is 15.0. The summed E-state index contributed by atoms with van der Waals surface area (Å²) in [5.74, 6) is 0.423. The minimum absolute atomic E-state index is 0.00611. The lowest BCUT2D eigenvalue weighted by Gasteiger charge is -2.28. The SMILES string of the molecule is O=C(NCc1ccccc1Cl)C1CCC(Cn2c(=S)[nH]c3ccccc3c2=O)CC1. The van der Waals surface area contributed by atoms with Gasteiger partial charge in [0.2, 0.25) is 5.91 Å². The number of para-hydroxylation sites is 1. The van der Waals surface area contributed by atoms with Crippen LogP contribution in [0.25, 0.3) is 10.9 Å². The van der Waals surface area contributed by atoms with Gasteiger partial charge in [-0.1, -0.05) is 41.9 Å². The first-order valence-electron chi connectivity index (χ1n) is 10.3. The molecule has 30 heavy (non-hydrogen) atoms. The summed E-state index contributed by atoms with van der Waals surface area (Å²) in [6.45, 7) is 1.03. The number of nitrogens with zero attached hydrogens (tertiary/aromatic N) is 1. The lowest BCUT2D eigenvalue weighted by Crippen LogP contribution is -2.34. The number of benzene rings is 2. The summed E-state index contributed by atoms with van der Waals surface area (Å²) in [7, 11) is 0. The van der Waals surface area contributed by atoms with Crippen molar-refractivity contribution in [1.29, 1.82) is 0 Å². The number of amides is 1. The van der Waals surface area contributed by atoms with Crippen molar-refractivity contribution >= 4 is 40.6 Å². The van der Waals surface area contributed by atoms with Gasteiger partial charge in [-0.25, -0.2) is 0 Å². The Labute approximate surface area is 185 Å². The van der Waals surface area contributed by atoms with Crippen molar-refractivity contribution in [2.75, 3.05) is 0 Å². The van der Waals surface area contributed by atoms with Crippen LogP contribution in [0, 0.1) is 16.6 Å². The molecule has 0 aliphatic heterocycles. The van der Waals surface area contributed by atoms with Gasteiger partial charge in [0.05, 0.1) is 10.9 Å². The molecule has 1 aromatic heterocycles. The summed E-state index contributed by atoms with van der Waals surface area (Å²) in [5.41, 5.74) is 1.64. The van der Waals surface area contributed by atoms with Crippen LogP contribution in [0.5, 0.6) is 0 Å². The van der Waals surface area contributed by atoms with Gasteiger partial charge in [0.25, 0.3) is 5.56 Å². The van der Waals surface area contributed by atoms with Crippen molar-refractivity contribution in [2.24, 2.45) is 11.8 Å². The number of aromatic amines is 1. The van der Waals surface area contributed by atoms with Crippen LogP contribution < -0.4 is 10.9 Å². The highest BCUT2D eigenvalue weighted by atomic mass is 35.5. The van der Waals surface area contributed by atoms with Gasteiger partial charge >= 0.3 is 0 Å². The molecule has 0 spiro atoms. The molecule has 0 unspecified atom stereocenters. The fraction of sp³-hybridized carbons (Fsp3) is 0.348. The molecule has 1 amide bonds. The van der Waals surface area contributed by atoms with Crippen molar-refractivity contribution in [3.05, 3.63) is 74.2 Å². The first-order valence-corrected chi connectivity index (χ1v) is 11.0. The van der Waals surface area contributed by atoms with Crippen molar-refractivity contribution in [3.8, 4) is 0 Å². The van der Waals surface area contributed by atoms with Crippen molar-refractivity contribution in [2.45, 2.75) is 38.8 Å². The Morgan fingerprint density at radius 1 is 1.10 bits per heavy atom. The van der Waals surface area contributed by atoms with Gasteiger partial charge in [-0.2, -0.15) is 0 Å².